The average Bonchev–Trinajstić information content (AvgIpc) is 1.00. The smallest absolute Gasteiger partial charge is 0.358 e. The van der Waals surface area contributed by atoms with Crippen LogP contribution in [0.1, 0.15) is 6.92 Å². The van der Waals surface area contributed by atoms with E-state index in [4.69, 9.17) is 0 Å². The molecule has 0 aliphatic rings. The van der Waals surface area contributed by atoms with E-state index in [1.165, 1.54) is 0 Å². The Morgan fingerprint density at radius 2 is 1.25 bits per heavy atom. The zero-order chi connectivity index (χ0) is 2.00. The minimum Gasteiger partial charge on any atom is -0.358 e. The van der Waals surface area contributed by atoms with Crippen LogP contribution in [0.25, 0.3) is 0 Å². The van der Waals surface area contributed by atoms with Gasteiger partial charge in [0.2, 0.25) is 0 Å². The van der Waals surface area contributed by atoms with Crippen molar-refractivity contribution in [3.8, 4) is 0 Å². The van der Waals surface area contributed by atoms with Crippen LogP contribution in [0.2, 0.25) is 0 Å². The van der Waals surface area contributed by atoms with Gasteiger partial charge in [0.05, 0.1) is 0 Å². The first kappa shape index (κ1) is 23.0. The molecule has 22 valence electrons. The Bertz CT molecular complexity index is 3.25. The second kappa shape index (κ2) is 64.2. The summed E-state index contributed by atoms with van der Waals surface area (Å²) in [5.74, 6) is 0. The summed E-state index contributed by atoms with van der Waals surface area (Å²) in [7, 11) is 0. The standard InChI is InChI=1S/C2H5.CH3.Zn/c1-2;;/h1H2,2H3;1H3;/q2*-1;+2. The monoisotopic (exact) mass is 108 g/mol. The predicted molar refractivity (Wildman–Crippen MR) is 17.4 cm³/mol. The second-order valence-electron chi connectivity index (χ2n) is 0. The molecule has 0 radical (unpaired) electrons. The molecule has 0 atom stereocenters. The maximum Gasteiger partial charge on any atom is 2.00 e. The average molecular weight is 109 g/mol. The summed E-state index contributed by atoms with van der Waals surface area (Å²) in [5.41, 5.74) is 0. The molecule has 0 aliphatic heterocycles. The van der Waals surface area contributed by atoms with Crippen molar-refractivity contribution in [2.45, 2.75) is 6.92 Å². The van der Waals surface area contributed by atoms with Gasteiger partial charge in [0.1, 0.15) is 0 Å². The molecule has 0 amide bonds. The van der Waals surface area contributed by atoms with Crippen LogP contribution in [0, 0.1) is 14.4 Å². The third kappa shape index (κ3) is 17.8. The topological polar surface area (TPSA) is 0 Å². The zero-order valence-corrected chi connectivity index (χ0v) is 6.38. The Morgan fingerprint density at radius 3 is 1.25 bits per heavy atom. The molecule has 0 heterocycles. The normalized spacial score (nSPS) is 1.50. The van der Waals surface area contributed by atoms with Gasteiger partial charge in [0, 0.05) is 0 Å². The van der Waals surface area contributed by atoms with E-state index in [0.717, 1.165) is 0 Å². The Labute approximate surface area is 41.4 Å². The molecule has 0 bridgehead atoms. The molecular formula is C3H8Zn. The summed E-state index contributed by atoms with van der Waals surface area (Å²) in [6.07, 6.45) is 0. The van der Waals surface area contributed by atoms with E-state index in [9.17, 15) is 0 Å². The molecule has 0 saturated carbocycles. The van der Waals surface area contributed by atoms with Gasteiger partial charge in [0.15, 0.2) is 0 Å². The van der Waals surface area contributed by atoms with Crippen LogP contribution in [0.5, 0.6) is 0 Å². The first-order chi connectivity index (χ1) is 1.00. The van der Waals surface area contributed by atoms with Crippen LogP contribution in [-0.2, 0) is 19.5 Å². The first-order valence-corrected chi connectivity index (χ1v) is 0.707. The van der Waals surface area contributed by atoms with Crippen molar-refractivity contribution >= 4 is 0 Å². The molecule has 0 nitrogen and oxygen atoms in total. The molecule has 0 aromatic heterocycles. The Morgan fingerprint density at radius 1 is 1.25 bits per heavy atom. The molecule has 0 aliphatic carbocycles. The van der Waals surface area contributed by atoms with E-state index < -0.39 is 0 Å². The van der Waals surface area contributed by atoms with Crippen molar-refractivity contribution in [3.63, 3.8) is 0 Å². The largest absolute Gasteiger partial charge is 2.00 e. The number of hydrogen-bond acceptors (Lipinski definition) is 0. The summed E-state index contributed by atoms with van der Waals surface area (Å²) in [6, 6.07) is 0. The molecule has 4 heavy (non-hydrogen) atoms. The van der Waals surface area contributed by atoms with E-state index in [2.05, 4.69) is 6.92 Å². The van der Waals surface area contributed by atoms with Crippen molar-refractivity contribution < 1.29 is 19.5 Å². The molecule has 0 unspecified atom stereocenters. The molecule has 0 fully saturated rings. The zero-order valence-electron chi connectivity index (χ0n) is 3.41. The molecule has 0 spiro atoms. The van der Waals surface area contributed by atoms with Gasteiger partial charge in [-0.2, -0.15) is 6.92 Å². The van der Waals surface area contributed by atoms with Crippen LogP contribution in [0.15, 0.2) is 0 Å². The number of rotatable bonds is 0. The van der Waals surface area contributed by atoms with Gasteiger partial charge in [-0.05, 0) is 0 Å². The third-order valence-corrected chi connectivity index (χ3v) is 0. The Balaban J connectivity index is -0.00000000500. The summed E-state index contributed by atoms with van der Waals surface area (Å²) in [6.45, 7) is 5.00. The van der Waals surface area contributed by atoms with Crippen LogP contribution in [0.3, 0.4) is 0 Å². The minimum absolute atomic E-state index is 0. The molecule has 0 rings (SSSR count). The maximum atomic E-state index is 3.25. The molecular weight excluding hydrogens is 101 g/mol. The van der Waals surface area contributed by atoms with E-state index in [0.29, 0.717) is 0 Å². The van der Waals surface area contributed by atoms with Gasteiger partial charge in [0.25, 0.3) is 0 Å². The molecule has 1 heteroatoms. The second-order valence-corrected chi connectivity index (χ2v) is 0. The first-order valence-electron chi connectivity index (χ1n) is 0.707. The summed E-state index contributed by atoms with van der Waals surface area (Å²) < 4.78 is 0. The van der Waals surface area contributed by atoms with Gasteiger partial charge in [-0.15, -0.1) is 0 Å². The number of hydrogen-bond donors (Lipinski definition) is 0. The fourth-order valence-corrected chi connectivity index (χ4v) is 0. The van der Waals surface area contributed by atoms with E-state index in [1.54, 1.807) is 6.92 Å². The van der Waals surface area contributed by atoms with Crippen LogP contribution >= 0.6 is 0 Å². The van der Waals surface area contributed by atoms with Crippen molar-refractivity contribution in [2.75, 3.05) is 0 Å². The predicted octanol–water partition coefficient (Wildman–Crippen LogP) is 1.29. The molecule has 0 aromatic rings. The van der Waals surface area contributed by atoms with E-state index in [-0.39, 0.29) is 26.9 Å². The Kier molecular flexibility index (Phi) is 370. The molecule has 0 N–H and O–H groups in total. The van der Waals surface area contributed by atoms with Gasteiger partial charge in [-0.25, -0.2) is 0 Å². The third-order valence-electron chi connectivity index (χ3n) is 0. The fraction of sp³-hybridized carbons (Fsp3) is 0.333. The van der Waals surface area contributed by atoms with Crippen molar-refractivity contribution in [3.05, 3.63) is 14.4 Å². The SMILES string of the molecule is [CH2-]C.[CH3-].[Zn+2]. The molecule has 0 saturated heterocycles. The molecule has 0 aromatic carbocycles. The van der Waals surface area contributed by atoms with E-state index in [1.807, 2.05) is 0 Å². The summed E-state index contributed by atoms with van der Waals surface area (Å²) in [4.78, 5) is 0. The van der Waals surface area contributed by atoms with Crippen LogP contribution in [-0.4, -0.2) is 0 Å². The van der Waals surface area contributed by atoms with Gasteiger partial charge in [-0.3, -0.25) is 0 Å². The van der Waals surface area contributed by atoms with Gasteiger partial charge < -0.3 is 14.4 Å². The Hall–Kier alpha value is 0.623. The minimum atomic E-state index is 0. The van der Waals surface area contributed by atoms with Crippen molar-refractivity contribution in [1.82, 2.24) is 0 Å². The quantitative estimate of drug-likeness (QED) is 0.325. The van der Waals surface area contributed by atoms with Gasteiger partial charge in [-0.1, -0.05) is 0 Å². The fourth-order valence-electron chi connectivity index (χ4n) is 0. The van der Waals surface area contributed by atoms with Crippen molar-refractivity contribution in [1.29, 1.82) is 0 Å². The van der Waals surface area contributed by atoms with Gasteiger partial charge >= 0.3 is 19.5 Å². The van der Waals surface area contributed by atoms with E-state index >= 15 is 0 Å². The van der Waals surface area contributed by atoms with Crippen LogP contribution in [0.4, 0.5) is 0 Å². The van der Waals surface area contributed by atoms with Crippen molar-refractivity contribution in [2.24, 2.45) is 0 Å². The summed E-state index contributed by atoms with van der Waals surface area (Å²) >= 11 is 0. The van der Waals surface area contributed by atoms with Crippen LogP contribution < -0.4 is 0 Å². The summed E-state index contributed by atoms with van der Waals surface area (Å²) in [5, 5.41) is 0. The maximum absolute atomic E-state index is 3.25.